The molecular formula is C14H26IN7O. The van der Waals surface area contributed by atoms with Gasteiger partial charge < -0.3 is 16.0 Å². The van der Waals surface area contributed by atoms with Gasteiger partial charge in [0.15, 0.2) is 5.96 Å². The molecule has 1 aromatic heterocycles. The van der Waals surface area contributed by atoms with Crippen LogP contribution in [0.1, 0.15) is 38.4 Å². The monoisotopic (exact) mass is 435 g/mol. The van der Waals surface area contributed by atoms with Gasteiger partial charge in [0.25, 0.3) is 0 Å². The fraction of sp³-hybridized carbons (Fsp3) is 0.714. The van der Waals surface area contributed by atoms with Crippen LogP contribution in [0.15, 0.2) is 11.3 Å². The molecule has 3 N–H and O–H groups in total. The summed E-state index contributed by atoms with van der Waals surface area (Å²) >= 11 is 0. The molecule has 0 aliphatic heterocycles. The highest BCUT2D eigenvalue weighted by Crippen LogP contribution is 2.18. The van der Waals surface area contributed by atoms with Gasteiger partial charge in [0.1, 0.15) is 18.7 Å². The molecule has 0 spiro atoms. The van der Waals surface area contributed by atoms with Crippen molar-refractivity contribution in [3.05, 3.63) is 12.2 Å². The first-order chi connectivity index (χ1) is 10.7. The third-order valence-electron chi connectivity index (χ3n) is 3.34. The van der Waals surface area contributed by atoms with E-state index in [4.69, 9.17) is 0 Å². The normalized spacial score (nSPS) is 14.1. The zero-order valence-electron chi connectivity index (χ0n) is 13.7. The zero-order valence-corrected chi connectivity index (χ0v) is 16.0. The average Bonchev–Trinajstić information content (AvgIpc) is 3.21. The fourth-order valence-corrected chi connectivity index (χ4v) is 1.94. The average molecular weight is 435 g/mol. The van der Waals surface area contributed by atoms with Crippen molar-refractivity contribution >= 4 is 35.8 Å². The number of aliphatic imine (C=N–C) groups is 1. The van der Waals surface area contributed by atoms with Gasteiger partial charge in [-0.2, -0.15) is 5.10 Å². The molecule has 0 saturated heterocycles. The van der Waals surface area contributed by atoms with Crippen molar-refractivity contribution in [3.63, 3.8) is 0 Å². The van der Waals surface area contributed by atoms with Crippen LogP contribution in [0.4, 0.5) is 0 Å². The van der Waals surface area contributed by atoms with Gasteiger partial charge in [-0.1, -0.05) is 0 Å². The number of hydrogen-bond acceptors (Lipinski definition) is 4. The molecule has 1 fully saturated rings. The van der Waals surface area contributed by atoms with E-state index in [0.29, 0.717) is 25.6 Å². The lowest BCUT2D eigenvalue weighted by Gasteiger charge is -2.11. The molecule has 1 aliphatic rings. The fourth-order valence-electron chi connectivity index (χ4n) is 1.94. The quantitative estimate of drug-likeness (QED) is 0.240. The Morgan fingerprint density at radius 3 is 2.83 bits per heavy atom. The molecule has 2 rings (SSSR count). The lowest BCUT2D eigenvalue weighted by molar-refractivity contribution is -0.121. The van der Waals surface area contributed by atoms with E-state index in [1.807, 2.05) is 14.0 Å². The standard InChI is InChI=1S/C14H25N7O.HI/c1-3-15-14(17-9-12-18-10-19-21(12)2)16-8-4-5-13(22)20-11-6-7-11;/h10-11H,3-9H2,1-2H3,(H,20,22)(H2,15,16,17);1H. The second kappa shape index (κ2) is 10.4. The predicted molar refractivity (Wildman–Crippen MR) is 99.6 cm³/mol. The smallest absolute Gasteiger partial charge is 0.220 e. The Kier molecular flexibility index (Phi) is 8.89. The molecule has 0 atom stereocenters. The van der Waals surface area contributed by atoms with E-state index in [0.717, 1.165) is 37.6 Å². The van der Waals surface area contributed by atoms with Crippen LogP contribution >= 0.6 is 24.0 Å². The molecule has 23 heavy (non-hydrogen) atoms. The molecule has 1 aliphatic carbocycles. The number of nitrogens with zero attached hydrogens (tertiary/aromatic N) is 4. The molecule has 1 aromatic rings. The van der Waals surface area contributed by atoms with Gasteiger partial charge in [0.05, 0.1) is 0 Å². The van der Waals surface area contributed by atoms with Crippen LogP contribution in [0.2, 0.25) is 0 Å². The summed E-state index contributed by atoms with van der Waals surface area (Å²) in [6.45, 7) is 3.98. The van der Waals surface area contributed by atoms with Crippen molar-refractivity contribution in [1.29, 1.82) is 0 Å². The number of amides is 1. The topological polar surface area (TPSA) is 96.2 Å². The largest absolute Gasteiger partial charge is 0.357 e. The van der Waals surface area contributed by atoms with Gasteiger partial charge >= 0.3 is 0 Å². The highest BCUT2D eigenvalue weighted by molar-refractivity contribution is 14.0. The molecule has 1 heterocycles. The van der Waals surface area contributed by atoms with Crippen molar-refractivity contribution in [1.82, 2.24) is 30.7 Å². The molecule has 9 heteroatoms. The van der Waals surface area contributed by atoms with E-state index in [-0.39, 0.29) is 29.9 Å². The van der Waals surface area contributed by atoms with Crippen LogP contribution in [0.3, 0.4) is 0 Å². The summed E-state index contributed by atoms with van der Waals surface area (Å²) in [4.78, 5) is 20.2. The van der Waals surface area contributed by atoms with Gasteiger partial charge in [0, 0.05) is 32.6 Å². The summed E-state index contributed by atoms with van der Waals surface area (Å²) in [5.74, 6) is 1.68. The highest BCUT2D eigenvalue weighted by atomic mass is 127. The molecule has 1 amide bonds. The van der Waals surface area contributed by atoms with E-state index < -0.39 is 0 Å². The van der Waals surface area contributed by atoms with Crippen molar-refractivity contribution in [2.24, 2.45) is 12.0 Å². The SMILES string of the molecule is CCNC(=NCc1ncnn1C)NCCCC(=O)NC1CC1.I. The molecule has 0 bridgehead atoms. The van der Waals surface area contributed by atoms with E-state index in [1.54, 1.807) is 4.68 Å². The number of aryl methyl sites for hydroxylation is 1. The summed E-state index contributed by atoms with van der Waals surface area (Å²) in [5.41, 5.74) is 0. The third kappa shape index (κ3) is 7.62. The minimum Gasteiger partial charge on any atom is -0.357 e. The first-order valence-electron chi connectivity index (χ1n) is 7.83. The minimum atomic E-state index is 0. The van der Waals surface area contributed by atoms with Crippen LogP contribution in [-0.2, 0) is 18.4 Å². The van der Waals surface area contributed by atoms with Crippen LogP contribution in [-0.4, -0.2) is 45.8 Å². The number of guanidine groups is 1. The Morgan fingerprint density at radius 1 is 1.43 bits per heavy atom. The molecule has 0 aromatic carbocycles. The summed E-state index contributed by atoms with van der Waals surface area (Å²) in [7, 11) is 1.84. The molecule has 0 unspecified atom stereocenters. The van der Waals surface area contributed by atoms with Crippen LogP contribution in [0, 0.1) is 0 Å². The Hall–Kier alpha value is -1.39. The van der Waals surface area contributed by atoms with Crippen molar-refractivity contribution in [3.8, 4) is 0 Å². The van der Waals surface area contributed by atoms with Crippen LogP contribution in [0.25, 0.3) is 0 Å². The maximum absolute atomic E-state index is 11.6. The van der Waals surface area contributed by atoms with Crippen LogP contribution in [0.5, 0.6) is 0 Å². The molecule has 8 nitrogen and oxygen atoms in total. The lowest BCUT2D eigenvalue weighted by atomic mass is 10.3. The van der Waals surface area contributed by atoms with Crippen molar-refractivity contribution in [2.45, 2.75) is 45.2 Å². The number of hydrogen-bond donors (Lipinski definition) is 3. The summed E-state index contributed by atoms with van der Waals surface area (Å²) in [5, 5.41) is 13.4. The zero-order chi connectivity index (χ0) is 15.8. The van der Waals surface area contributed by atoms with Gasteiger partial charge in [-0.3, -0.25) is 9.48 Å². The number of carbonyl (C=O) groups excluding carboxylic acids is 1. The van der Waals surface area contributed by atoms with Gasteiger partial charge in [-0.15, -0.1) is 24.0 Å². The third-order valence-corrected chi connectivity index (χ3v) is 3.34. The maximum Gasteiger partial charge on any atom is 0.220 e. The van der Waals surface area contributed by atoms with E-state index in [9.17, 15) is 4.79 Å². The first-order valence-corrected chi connectivity index (χ1v) is 7.83. The Bertz CT molecular complexity index is 513. The minimum absolute atomic E-state index is 0. The number of nitrogens with one attached hydrogen (secondary N) is 3. The first kappa shape index (κ1) is 19.7. The molecule has 0 radical (unpaired) electrons. The predicted octanol–water partition coefficient (Wildman–Crippen LogP) is 0.547. The second-order valence-electron chi connectivity index (χ2n) is 5.37. The number of halogens is 1. The number of carbonyl (C=O) groups is 1. The van der Waals surface area contributed by atoms with Gasteiger partial charge in [0.2, 0.25) is 5.91 Å². The van der Waals surface area contributed by atoms with E-state index in [2.05, 4.69) is 31.0 Å². The molecule has 130 valence electrons. The molecular weight excluding hydrogens is 409 g/mol. The highest BCUT2D eigenvalue weighted by Gasteiger charge is 2.22. The Labute approximate surface area is 153 Å². The Balaban J connectivity index is 0.00000264. The maximum atomic E-state index is 11.6. The number of rotatable bonds is 8. The van der Waals surface area contributed by atoms with Gasteiger partial charge in [-0.05, 0) is 26.2 Å². The second-order valence-corrected chi connectivity index (χ2v) is 5.37. The van der Waals surface area contributed by atoms with Gasteiger partial charge in [-0.25, -0.2) is 9.98 Å². The number of aromatic nitrogens is 3. The summed E-state index contributed by atoms with van der Waals surface area (Å²) in [6, 6.07) is 0.436. The van der Waals surface area contributed by atoms with E-state index in [1.165, 1.54) is 6.33 Å². The summed E-state index contributed by atoms with van der Waals surface area (Å²) < 4.78 is 1.70. The summed E-state index contributed by atoms with van der Waals surface area (Å²) in [6.07, 6.45) is 5.11. The van der Waals surface area contributed by atoms with E-state index >= 15 is 0 Å². The lowest BCUT2D eigenvalue weighted by Crippen LogP contribution is -2.38. The Morgan fingerprint density at radius 2 is 2.22 bits per heavy atom. The van der Waals surface area contributed by atoms with Crippen molar-refractivity contribution < 1.29 is 4.79 Å². The van der Waals surface area contributed by atoms with Crippen LogP contribution < -0.4 is 16.0 Å². The molecule has 1 saturated carbocycles. The van der Waals surface area contributed by atoms with Crippen molar-refractivity contribution in [2.75, 3.05) is 13.1 Å².